The molecule has 0 saturated heterocycles. The molecule has 6 heteroatoms. The van der Waals surface area contributed by atoms with Crippen LogP contribution < -0.4 is 5.32 Å². The zero-order valence-electron chi connectivity index (χ0n) is 14.9. The normalized spacial score (nSPS) is 10.5. The summed E-state index contributed by atoms with van der Waals surface area (Å²) in [6, 6.07) is 13.2. The van der Waals surface area contributed by atoms with Gasteiger partial charge in [-0.25, -0.2) is 0 Å². The largest absolute Gasteiger partial charge is 0.350 e. The maximum Gasteiger partial charge on any atom is 0.239 e. The maximum absolute atomic E-state index is 12.2. The lowest BCUT2D eigenvalue weighted by Gasteiger charge is -2.21. The van der Waals surface area contributed by atoms with Gasteiger partial charge in [-0.15, -0.1) is 0 Å². The number of amides is 2. The number of hydrogen-bond acceptors (Lipinski definition) is 2. The number of nitrogens with zero attached hydrogens (tertiary/aromatic N) is 1. The van der Waals surface area contributed by atoms with Crippen molar-refractivity contribution in [2.45, 2.75) is 26.8 Å². The van der Waals surface area contributed by atoms with Gasteiger partial charge >= 0.3 is 0 Å². The molecule has 0 bridgehead atoms. The molecule has 2 amide bonds. The third kappa shape index (κ3) is 6.36. The average molecular weight is 393 g/mol. The van der Waals surface area contributed by atoms with E-state index in [1.54, 1.807) is 12.1 Å². The van der Waals surface area contributed by atoms with E-state index in [-0.39, 0.29) is 18.4 Å². The van der Waals surface area contributed by atoms with E-state index in [0.717, 1.165) is 16.7 Å². The van der Waals surface area contributed by atoms with E-state index in [1.165, 1.54) is 11.8 Å². The van der Waals surface area contributed by atoms with Crippen molar-refractivity contribution < 1.29 is 9.59 Å². The summed E-state index contributed by atoms with van der Waals surface area (Å²) >= 11 is 12.1. The van der Waals surface area contributed by atoms with Gasteiger partial charge in [0.15, 0.2) is 0 Å². The van der Waals surface area contributed by atoms with Gasteiger partial charge in [0.2, 0.25) is 11.8 Å². The van der Waals surface area contributed by atoms with Gasteiger partial charge in [0.05, 0.1) is 6.54 Å². The van der Waals surface area contributed by atoms with Crippen LogP contribution in [0.4, 0.5) is 0 Å². The van der Waals surface area contributed by atoms with Crippen molar-refractivity contribution >= 4 is 35.0 Å². The monoisotopic (exact) mass is 392 g/mol. The lowest BCUT2D eigenvalue weighted by atomic mass is 10.1. The number of hydrogen-bond donors (Lipinski definition) is 1. The van der Waals surface area contributed by atoms with Crippen LogP contribution in [0.3, 0.4) is 0 Å². The first-order valence-electron chi connectivity index (χ1n) is 8.37. The Morgan fingerprint density at radius 2 is 1.88 bits per heavy atom. The molecule has 4 nitrogen and oxygen atoms in total. The molecule has 1 N–H and O–H groups in total. The molecule has 0 aliphatic carbocycles. The van der Waals surface area contributed by atoms with Crippen molar-refractivity contribution in [3.05, 3.63) is 69.2 Å². The molecule has 0 heterocycles. The Kier molecular flexibility index (Phi) is 7.49. The number of halogens is 2. The third-order valence-corrected chi connectivity index (χ3v) is 4.61. The zero-order valence-corrected chi connectivity index (χ0v) is 16.4. The molecular formula is C20H22Cl2N2O2. The fourth-order valence-corrected chi connectivity index (χ4v) is 3.08. The van der Waals surface area contributed by atoms with Gasteiger partial charge < -0.3 is 10.2 Å². The van der Waals surface area contributed by atoms with Gasteiger partial charge in [0.25, 0.3) is 0 Å². The molecule has 0 atom stereocenters. The van der Waals surface area contributed by atoms with Crippen LogP contribution in [-0.4, -0.2) is 29.8 Å². The Morgan fingerprint density at radius 3 is 2.54 bits per heavy atom. The SMILES string of the molecule is CC(=O)N(CCc1ccc(Cl)cc1Cl)CC(=O)NCc1cccc(C)c1. The molecule has 2 aromatic carbocycles. The number of rotatable bonds is 7. The summed E-state index contributed by atoms with van der Waals surface area (Å²) in [6.45, 7) is 4.33. The fraction of sp³-hybridized carbons (Fsp3) is 0.300. The summed E-state index contributed by atoms with van der Waals surface area (Å²) in [5.74, 6) is -0.343. The Labute approximate surface area is 164 Å². The molecule has 26 heavy (non-hydrogen) atoms. The van der Waals surface area contributed by atoms with Crippen molar-refractivity contribution in [1.82, 2.24) is 10.2 Å². The molecule has 2 aromatic rings. The maximum atomic E-state index is 12.2. The standard InChI is InChI=1S/C20H22Cl2N2O2/c1-14-4-3-5-16(10-14)12-23-20(26)13-24(15(2)25)9-8-17-6-7-18(21)11-19(17)22/h3-7,10-11H,8-9,12-13H2,1-2H3,(H,23,26). The minimum atomic E-state index is -0.191. The molecule has 0 aromatic heterocycles. The molecule has 0 fully saturated rings. The molecular weight excluding hydrogens is 371 g/mol. The summed E-state index contributed by atoms with van der Waals surface area (Å²) in [7, 11) is 0. The van der Waals surface area contributed by atoms with E-state index in [2.05, 4.69) is 5.32 Å². The quantitative estimate of drug-likeness (QED) is 0.773. The fourth-order valence-electron chi connectivity index (χ4n) is 2.58. The summed E-state index contributed by atoms with van der Waals surface area (Å²) < 4.78 is 0. The molecule has 0 radical (unpaired) electrons. The molecule has 0 aliphatic rings. The predicted molar refractivity (Wildman–Crippen MR) is 105 cm³/mol. The second-order valence-electron chi connectivity index (χ2n) is 6.19. The van der Waals surface area contributed by atoms with Crippen LogP contribution in [0.25, 0.3) is 0 Å². The Bertz CT molecular complexity index is 793. The highest BCUT2D eigenvalue weighted by molar-refractivity contribution is 6.35. The van der Waals surface area contributed by atoms with Crippen LogP contribution in [0.2, 0.25) is 10.0 Å². The number of carbonyl (C=O) groups excluding carboxylic acids is 2. The van der Waals surface area contributed by atoms with Gasteiger partial charge in [-0.1, -0.05) is 59.1 Å². The number of carbonyl (C=O) groups is 2. The summed E-state index contributed by atoms with van der Waals surface area (Å²) in [5.41, 5.74) is 3.06. The van der Waals surface area contributed by atoms with Crippen molar-refractivity contribution in [3.8, 4) is 0 Å². The molecule has 0 saturated carbocycles. The van der Waals surface area contributed by atoms with E-state index in [4.69, 9.17) is 23.2 Å². The van der Waals surface area contributed by atoms with Crippen LogP contribution >= 0.6 is 23.2 Å². The Balaban J connectivity index is 1.88. The number of benzene rings is 2. The van der Waals surface area contributed by atoms with Gasteiger partial charge in [-0.3, -0.25) is 9.59 Å². The molecule has 2 rings (SSSR count). The van der Waals surface area contributed by atoms with E-state index in [0.29, 0.717) is 29.6 Å². The number of aryl methyl sites for hydroxylation is 1. The second-order valence-corrected chi connectivity index (χ2v) is 7.04. The van der Waals surface area contributed by atoms with Crippen molar-refractivity contribution in [3.63, 3.8) is 0 Å². The van der Waals surface area contributed by atoms with Crippen LogP contribution in [-0.2, 0) is 22.6 Å². The molecule has 138 valence electrons. The van der Waals surface area contributed by atoms with E-state index in [1.807, 2.05) is 37.3 Å². The zero-order chi connectivity index (χ0) is 19.1. The Morgan fingerprint density at radius 1 is 1.12 bits per heavy atom. The van der Waals surface area contributed by atoms with Crippen LogP contribution in [0.5, 0.6) is 0 Å². The van der Waals surface area contributed by atoms with Crippen molar-refractivity contribution in [2.24, 2.45) is 0 Å². The average Bonchev–Trinajstić information content (AvgIpc) is 2.58. The topological polar surface area (TPSA) is 49.4 Å². The van der Waals surface area contributed by atoms with Gasteiger partial charge in [0, 0.05) is 30.1 Å². The van der Waals surface area contributed by atoms with Crippen molar-refractivity contribution in [2.75, 3.05) is 13.1 Å². The first-order valence-corrected chi connectivity index (χ1v) is 9.12. The third-order valence-electron chi connectivity index (χ3n) is 4.02. The highest BCUT2D eigenvalue weighted by Gasteiger charge is 2.14. The van der Waals surface area contributed by atoms with Crippen LogP contribution in [0.1, 0.15) is 23.6 Å². The van der Waals surface area contributed by atoms with Crippen molar-refractivity contribution in [1.29, 1.82) is 0 Å². The van der Waals surface area contributed by atoms with Gasteiger partial charge in [-0.2, -0.15) is 0 Å². The highest BCUT2D eigenvalue weighted by Crippen LogP contribution is 2.21. The molecule has 0 aliphatic heterocycles. The summed E-state index contributed by atoms with van der Waals surface area (Å²) in [4.78, 5) is 25.6. The minimum Gasteiger partial charge on any atom is -0.350 e. The van der Waals surface area contributed by atoms with Gasteiger partial charge in [0.1, 0.15) is 0 Å². The van der Waals surface area contributed by atoms with Crippen LogP contribution in [0.15, 0.2) is 42.5 Å². The summed E-state index contributed by atoms with van der Waals surface area (Å²) in [5, 5.41) is 3.98. The Hall–Kier alpha value is -2.04. The summed E-state index contributed by atoms with van der Waals surface area (Å²) in [6.07, 6.45) is 0.556. The highest BCUT2D eigenvalue weighted by atomic mass is 35.5. The van der Waals surface area contributed by atoms with E-state index >= 15 is 0 Å². The van der Waals surface area contributed by atoms with Crippen LogP contribution in [0, 0.1) is 6.92 Å². The minimum absolute atomic E-state index is 0.0202. The van der Waals surface area contributed by atoms with E-state index in [9.17, 15) is 9.59 Å². The second kappa shape index (κ2) is 9.60. The lowest BCUT2D eigenvalue weighted by molar-refractivity contribution is -0.134. The first-order chi connectivity index (χ1) is 12.3. The first kappa shape index (κ1) is 20.3. The smallest absolute Gasteiger partial charge is 0.239 e. The lowest BCUT2D eigenvalue weighted by Crippen LogP contribution is -2.40. The van der Waals surface area contributed by atoms with Gasteiger partial charge in [-0.05, 0) is 36.6 Å². The number of nitrogens with one attached hydrogen (secondary N) is 1. The molecule has 0 unspecified atom stereocenters. The predicted octanol–water partition coefficient (Wildman–Crippen LogP) is 4.01. The van der Waals surface area contributed by atoms with E-state index < -0.39 is 0 Å². The molecule has 0 spiro atoms.